The maximum Gasteiger partial charge on any atom is 0.264 e. The van der Waals surface area contributed by atoms with Gasteiger partial charge in [0.15, 0.2) is 0 Å². The van der Waals surface area contributed by atoms with Crippen molar-refractivity contribution in [2.75, 3.05) is 18.5 Å². The van der Waals surface area contributed by atoms with Crippen LogP contribution in [0.15, 0.2) is 51.8 Å². The van der Waals surface area contributed by atoms with Crippen LogP contribution in [0.1, 0.15) is 5.56 Å². The van der Waals surface area contributed by atoms with Gasteiger partial charge in [-0.2, -0.15) is 5.26 Å². The Morgan fingerprint density at radius 1 is 1.22 bits per heavy atom. The van der Waals surface area contributed by atoms with Crippen molar-refractivity contribution in [1.82, 2.24) is 0 Å². The number of nitrogens with zero attached hydrogens (tertiary/aromatic N) is 2. The van der Waals surface area contributed by atoms with Crippen LogP contribution in [0.3, 0.4) is 0 Å². The van der Waals surface area contributed by atoms with Crippen LogP contribution in [0, 0.1) is 11.3 Å². The van der Waals surface area contributed by atoms with Crippen molar-refractivity contribution in [3.63, 3.8) is 0 Å². The molecule has 2 aromatic rings. The summed E-state index contributed by atoms with van der Waals surface area (Å²) in [5.74, 6) is 0.562. The maximum absolute atomic E-state index is 12.7. The Kier molecular flexibility index (Phi) is 5.29. The van der Waals surface area contributed by atoms with Gasteiger partial charge in [-0.25, -0.2) is 8.42 Å². The van der Waals surface area contributed by atoms with Crippen LogP contribution in [0.5, 0.6) is 5.75 Å². The summed E-state index contributed by atoms with van der Waals surface area (Å²) in [5.41, 5.74) is 1.37. The number of rotatable bonds is 5. The summed E-state index contributed by atoms with van der Waals surface area (Å²) in [6.07, 6.45) is 0.294. The molecule has 0 aliphatic heterocycles. The minimum Gasteiger partial charge on any atom is -0.496 e. The lowest BCUT2D eigenvalue weighted by molar-refractivity contribution is 0.411. The van der Waals surface area contributed by atoms with Crippen molar-refractivity contribution in [3.8, 4) is 11.8 Å². The third kappa shape index (κ3) is 3.66. The van der Waals surface area contributed by atoms with E-state index < -0.39 is 10.0 Å². The number of ether oxygens (including phenoxy) is 1. The lowest BCUT2D eigenvalue weighted by Gasteiger charge is -2.20. The molecule has 0 fully saturated rings. The van der Waals surface area contributed by atoms with E-state index in [9.17, 15) is 8.42 Å². The van der Waals surface area contributed by atoms with Crippen LogP contribution in [0.4, 0.5) is 5.69 Å². The topological polar surface area (TPSA) is 70.4 Å². The van der Waals surface area contributed by atoms with Crippen LogP contribution >= 0.6 is 15.9 Å². The van der Waals surface area contributed by atoms with Gasteiger partial charge in [0.25, 0.3) is 10.0 Å². The molecule has 0 bridgehead atoms. The molecule has 0 heterocycles. The van der Waals surface area contributed by atoms with Crippen molar-refractivity contribution < 1.29 is 13.2 Å². The monoisotopic (exact) mass is 394 g/mol. The van der Waals surface area contributed by atoms with Gasteiger partial charge in [-0.15, -0.1) is 0 Å². The van der Waals surface area contributed by atoms with Crippen molar-refractivity contribution in [1.29, 1.82) is 5.26 Å². The quantitative estimate of drug-likeness (QED) is 0.779. The lowest BCUT2D eigenvalue weighted by atomic mass is 10.1. The van der Waals surface area contributed by atoms with Gasteiger partial charge in [0, 0.05) is 7.05 Å². The van der Waals surface area contributed by atoms with E-state index in [1.54, 1.807) is 30.3 Å². The van der Waals surface area contributed by atoms with Crippen LogP contribution in [0.2, 0.25) is 0 Å². The predicted molar refractivity (Wildman–Crippen MR) is 92.0 cm³/mol. The third-order valence-corrected chi connectivity index (χ3v) is 5.77. The van der Waals surface area contributed by atoms with E-state index in [2.05, 4.69) is 22.0 Å². The summed E-state index contributed by atoms with van der Waals surface area (Å²) >= 11 is 3.29. The molecule has 0 saturated carbocycles. The molecule has 0 aromatic heterocycles. The molecule has 0 aliphatic rings. The fraction of sp³-hybridized carbons (Fsp3) is 0.188. The van der Waals surface area contributed by atoms with Crippen molar-refractivity contribution in [2.24, 2.45) is 0 Å². The van der Waals surface area contributed by atoms with E-state index >= 15 is 0 Å². The first kappa shape index (κ1) is 17.3. The number of halogens is 1. The minimum atomic E-state index is -3.68. The van der Waals surface area contributed by atoms with E-state index in [0.717, 1.165) is 5.56 Å². The first-order valence-electron chi connectivity index (χ1n) is 6.68. The van der Waals surface area contributed by atoms with Gasteiger partial charge >= 0.3 is 0 Å². The van der Waals surface area contributed by atoms with Gasteiger partial charge in [0.05, 0.1) is 34.7 Å². The zero-order valence-corrected chi connectivity index (χ0v) is 15.1. The largest absolute Gasteiger partial charge is 0.496 e. The molecule has 0 spiro atoms. The summed E-state index contributed by atoms with van der Waals surface area (Å²) in [5, 5.41) is 8.67. The zero-order valence-electron chi connectivity index (χ0n) is 12.7. The summed E-state index contributed by atoms with van der Waals surface area (Å²) < 4.78 is 32.3. The molecule has 5 nitrogen and oxygen atoms in total. The van der Waals surface area contributed by atoms with Gasteiger partial charge in [-0.3, -0.25) is 4.31 Å². The molecule has 0 radical (unpaired) electrons. The molecule has 0 aliphatic carbocycles. The highest BCUT2D eigenvalue weighted by atomic mass is 79.9. The first-order chi connectivity index (χ1) is 10.9. The second-order valence-electron chi connectivity index (χ2n) is 4.77. The highest BCUT2D eigenvalue weighted by Crippen LogP contribution is 2.30. The Balaban J connectivity index is 2.35. The average molecular weight is 395 g/mol. The van der Waals surface area contributed by atoms with Crippen LogP contribution < -0.4 is 9.04 Å². The smallest absolute Gasteiger partial charge is 0.264 e. The van der Waals surface area contributed by atoms with E-state index in [0.29, 0.717) is 22.3 Å². The molecule has 2 aromatic carbocycles. The second kappa shape index (κ2) is 7.02. The number of hydrogen-bond donors (Lipinski definition) is 0. The van der Waals surface area contributed by atoms with E-state index in [1.165, 1.54) is 30.6 Å². The summed E-state index contributed by atoms with van der Waals surface area (Å²) in [6, 6.07) is 13.5. The first-order valence-corrected chi connectivity index (χ1v) is 8.92. The molecule has 7 heteroatoms. The summed E-state index contributed by atoms with van der Waals surface area (Å²) in [6.45, 7) is 0. The minimum absolute atomic E-state index is 0.161. The molecular formula is C16H15BrN2O3S. The number of benzene rings is 2. The molecular weight excluding hydrogens is 380 g/mol. The summed E-state index contributed by atoms with van der Waals surface area (Å²) in [4.78, 5) is 0.161. The van der Waals surface area contributed by atoms with Gasteiger partial charge in [0.1, 0.15) is 5.75 Å². The molecule has 0 unspecified atom stereocenters. The van der Waals surface area contributed by atoms with Crippen LogP contribution in [0.25, 0.3) is 0 Å². The van der Waals surface area contributed by atoms with Gasteiger partial charge < -0.3 is 4.74 Å². The predicted octanol–water partition coefficient (Wildman–Crippen LogP) is 3.35. The molecule has 0 amide bonds. The molecule has 0 saturated heterocycles. The zero-order chi connectivity index (χ0) is 17.0. The van der Waals surface area contributed by atoms with Crippen molar-refractivity contribution in [2.45, 2.75) is 11.3 Å². The highest BCUT2D eigenvalue weighted by Gasteiger charge is 2.22. The third-order valence-electron chi connectivity index (χ3n) is 3.36. The normalized spacial score (nSPS) is 10.9. The second-order valence-corrected chi connectivity index (χ2v) is 7.59. The van der Waals surface area contributed by atoms with Crippen LogP contribution in [-0.4, -0.2) is 22.6 Å². The Morgan fingerprint density at radius 2 is 1.87 bits per heavy atom. The molecule has 2 rings (SSSR count). The number of nitriles is 1. The number of hydrogen-bond acceptors (Lipinski definition) is 4. The molecule has 0 atom stereocenters. The number of methoxy groups -OCH3 is 1. The molecule has 0 N–H and O–H groups in total. The van der Waals surface area contributed by atoms with Gasteiger partial charge in [0.2, 0.25) is 0 Å². The lowest BCUT2D eigenvalue weighted by Crippen LogP contribution is -2.26. The Bertz CT molecular complexity index is 843. The summed E-state index contributed by atoms with van der Waals surface area (Å²) in [7, 11) is -0.672. The van der Waals surface area contributed by atoms with Crippen molar-refractivity contribution >= 4 is 31.6 Å². The Hall–Kier alpha value is -2.04. The standard InChI is InChI=1S/C16H15BrN2O3S/c1-19(13-5-3-12(4-6-13)9-10-18)23(20,21)14-7-8-16(22-2)15(17)11-14/h3-8,11H,9H2,1-2H3. The Labute approximate surface area is 144 Å². The highest BCUT2D eigenvalue weighted by molar-refractivity contribution is 9.10. The van der Waals surface area contributed by atoms with E-state index in [4.69, 9.17) is 10.00 Å². The van der Waals surface area contributed by atoms with Gasteiger partial charge in [-0.05, 0) is 51.8 Å². The van der Waals surface area contributed by atoms with E-state index in [-0.39, 0.29) is 4.90 Å². The fourth-order valence-electron chi connectivity index (χ4n) is 2.02. The molecule has 120 valence electrons. The average Bonchev–Trinajstić information content (AvgIpc) is 2.55. The number of anilines is 1. The van der Waals surface area contributed by atoms with Crippen LogP contribution in [-0.2, 0) is 16.4 Å². The fourth-order valence-corrected chi connectivity index (χ4v) is 3.93. The van der Waals surface area contributed by atoms with Gasteiger partial charge in [-0.1, -0.05) is 12.1 Å². The Morgan fingerprint density at radius 3 is 2.39 bits per heavy atom. The molecule has 23 heavy (non-hydrogen) atoms. The SMILES string of the molecule is COc1ccc(S(=O)(=O)N(C)c2ccc(CC#N)cc2)cc1Br. The van der Waals surface area contributed by atoms with Crippen molar-refractivity contribution in [3.05, 3.63) is 52.5 Å². The maximum atomic E-state index is 12.7. The van der Waals surface area contributed by atoms with E-state index in [1.807, 2.05) is 0 Å². The number of sulfonamides is 1.